The van der Waals surface area contributed by atoms with Crippen molar-refractivity contribution in [2.24, 2.45) is 0 Å². The van der Waals surface area contributed by atoms with Gasteiger partial charge in [-0.05, 0) is 38.2 Å². The number of para-hydroxylation sites is 2. The molecule has 3 rings (SSSR count). The minimum atomic E-state index is 0.685. The molecule has 0 atom stereocenters. The van der Waals surface area contributed by atoms with Gasteiger partial charge in [0, 0.05) is 5.56 Å². The lowest BCUT2D eigenvalue weighted by Crippen LogP contribution is -2.01. The van der Waals surface area contributed by atoms with Crippen LogP contribution in [-0.2, 0) is 6.54 Å². The number of nitrogens with zero attached hydrogens (tertiary/aromatic N) is 2. The summed E-state index contributed by atoms with van der Waals surface area (Å²) in [4.78, 5) is 3.21. The van der Waals surface area contributed by atoms with Gasteiger partial charge in [-0.15, -0.1) is 0 Å². The van der Waals surface area contributed by atoms with Gasteiger partial charge in [-0.3, -0.25) is 0 Å². The maximum Gasteiger partial charge on any atom is 0.178 e. The molecule has 0 spiro atoms. The Morgan fingerprint density at radius 3 is 2.83 bits per heavy atom. The van der Waals surface area contributed by atoms with Gasteiger partial charge in [-0.1, -0.05) is 17.3 Å². The van der Waals surface area contributed by atoms with Crippen LogP contribution >= 0.6 is 12.2 Å². The molecule has 3 aromatic rings. The van der Waals surface area contributed by atoms with Crippen molar-refractivity contribution in [1.82, 2.24) is 14.7 Å². The van der Waals surface area contributed by atoms with E-state index in [1.54, 1.807) is 0 Å². The zero-order valence-corrected chi connectivity index (χ0v) is 11.0. The Labute approximate surface area is 109 Å². The number of aromatic nitrogens is 3. The van der Waals surface area contributed by atoms with Crippen LogP contribution in [0.25, 0.3) is 11.0 Å². The lowest BCUT2D eigenvalue weighted by atomic mass is 10.2. The Morgan fingerprint density at radius 1 is 1.33 bits per heavy atom. The second-order valence-corrected chi connectivity index (χ2v) is 4.72. The summed E-state index contributed by atoms with van der Waals surface area (Å²) in [5, 5.41) is 3.97. The molecular formula is C13H13N3OS. The average Bonchev–Trinajstić information content (AvgIpc) is 2.84. The van der Waals surface area contributed by atoms with Gasteiger partial charge < -0.3 is 14.1 Å². The van der Waals surface area contributed by atoms with Crippen LogP contribution in [0.2, 0.25) is 0 Å². The van der Waals surface area contributed by atoms with Gasteiger partial charge in [0.2, 0.25) is 0 Å². The van der Waals surface area contributed by atoms with Crippen LogP contribution in [0.15, 0.2) is 28.8 Å². The second kappa shape index (κ2) is 4.10. The largest absolute Gasteiger partial charge is 0.361 e. The van der Waals surface area contributed by atoms with Gasteiger partial charge in [0.15, 0.2) is 4.77 Å². The first-order valence-corrected chi connectivity index (χ1v) is 6.17. The molecule has 0 bridgehead atoms. The fraction of sp³-hybridized carbons (Fsp3) is 0.231. The Hall–Kier alpha value is -1.88. The van der Waals surface area contributed by atoms with Crippen LogP contribution in [0.1, 0.15) is 17.0 Å². The van der Waals surface area contributed by atoms with E-state index in [4.69, 9.17) is 16.7 Å². The quantitative estimate of drug-likeness (QED) is 0.718. The summed E-state index contributed by atoms with van der Waals surface area (Å²) in [6.07, 6.45) is 0. The summed E-state index contributed by atoms with van der Waals surface area (Å²) in [6, 6.07) is 8.08. The Bertz CT molecular complexity index is 746. The van der Waals surface area contributed by atoms with E-state index >= 15 is 0 Å². The molecule has 0 aliphatic rings. The fourth-order valence-corrected chi connectivity index (χ4v) is 2.42. The predicted molar refractivity (Wildman–Crippen MR) is 72.2 cm³/mol. The van der Waals surface area contributed by atoms with E-state index in [2.05, 4.69) is 20.8 Å². The first kappa shape index (κ1) is 11.2. The molecule has 2 aromatic heterocycles. The normalized spacial score (nSPS) is 11.2. The molecule has 1 N–H and O–H groups in total. The van der Waals surface area contributed by atoms with Crippen LogP contribution in [-0.4, -0.2) is 14.7 Å². The topological polar surface area (TPSA) is 46.8 Å². The minimum absolute atomic E-state index is 0.685. The molecule has 0 aliphatic carbocycles. The third-order valence-corrected chi connectivity index (χ3v) is 3.50. The van der Waals surface area contributed by atoms with Crippen molar-refractivity contribution in [3.63, 3.8) is 0 Å². The smallest absolute Gasteiger partial charge is 0.178 e. The van der Waals surface area contributed by atoms with Crippen LogP contribution < -0.4 is 0 Å². The van der Waals surface area contributed by atoms with Crippen molar-refractivity contribution >= 4 is 23.3 Å². The zero-order chi connectivity index (χ0) is 12.7. The molecular weight excluding hydrogens is 246 g/mol. The highest BCUT2D eigenvalue weighted by atomic mass is 32.1. The molecule has 0 saturated heterocycles. The Balaban J connectivity index is 2.16. The number of imidazole rings is 1. The van der Waals surface area contributed by atoms with E-state index in [1.165, 1.54) is 0 Å². The SMILES string of the molecule is Cc1noc(C)c1Cn1c(=S)[nH]c2ccccc21. The maximum atomic E-state index is 5.37. The first-order valence-electron chi connectivity index (χ1n) is 5.76. The molecule has 0 fully saturated rings. The molecule has 5 heteroatoms. The summed E-state index contributed by atoms with van der Waals surface area (Å²) in [5.41, 5.74) is 4.16. The molecule has 0 unspecified atom stereocenters. The number of aromatic amines is 1. The van der Waals surface area contributed by atoms with Gasteiger partial charge in [-0.2, -0.15) is 0 Å². The van der Waals surface area contributed by atoms with Crippen molar-refractivity contribution in [2.45, 2.75) is 20.4 Å². The van der Waals surface area contributed by atoms with Crippen molar-refractivity contribution < 1.29 is 4.52 Å². The molecule has 0 radical (unpaired) electrons. The number of fused-ring (bicyclic) bond motifs is 1. The van der Waals surface area contributed by atoms with E-state index in [0.29, 0.717) is 6.54 Å². The Kier molecular flexibility index (Phi) is 2.56. The predicted octanol–water partition coefficient (Wildman–Crippen LogP) is 3.35. The van der Waals surface area contributed by atoms with Crippen LogP contribution in [0.3, 0.4) is 0 Å². The standard InChI is InChI=1S/C13H13N3OS/c1-8-10(9(2)17-15-8)7-16-12-6-4-3-5-11(12)14-13(16)18/h3-6H,7H2,1-2H3,(H,14,18). The van der Waals surface area contributed by atoms with Gasteiger partial charge in [0.1, 0.15) is 5.76 Å². The highest BCUT2D eigenvalue weighted by molar-refractivity contribution is 7.71. The number of nitrogens with one attached hydrogen (secondary N) is 1. The molecule has 0 saturated carbocycles. The lowest BCUT2D eigenvalue weighted by Gasteiger charge is -2.03. The summed E-state index contributed by atoms with van der Waals surface area (Å²) >= 11 is 5.37. The number of benzene rings is 1. The minimum Gasteiger partial charge on any atom is -0.361 e. The van der Waals surface area contributed by atoms with Crippen LogP contribution in [0.5, 0.6) is 0 Å². The average molecular weight is 259 g/mol. The summed E-state index contributed by atoms with van der Waals surface area (Å²) < 4.78 is 7.97. The molecule has 2 heterocycles. The second-order valence-electron chi connectivity index (χ2n) is 4.34. The van der Waals surface area contributed by atoms with E-state index < -0.39 is 0 Å². The van der Waals surface area contributed by atoms with Gasteiger partial charge in [-0.25, -0.2) is 0 Å². The van der Waals surface area contributed by atoms with Gasteiger partial charge >= 0.3 is 0 Å². The van der Waals surface area contributed by atoms with Crippen LogP contribution in [0.4, 0.5) is 0 Å². The van der Waals surface area contributed by atoms with Gasteiger partial charge in [0.05, 0.1) is 23.3 Å². The zero-order valence-electron chi connectivity index (χ0n) is 10.2. The van der Waals surface area contributed by atoms with E-state index in [0.717, 1.165) is 32.8 Å². The van der Waals surface area contributed by atoms with Crippen molar-refractivity contribution in [1.29, 1.82) is 0 Å². The molecule has 4 nitrogen and oxygen atoms in total. The van der Waals surface area contributed by atoms with E-state index in [1.807, 2.05) is 32.0 Å². The van der Waals surface area contributed by atoms with Crippen molar-refractivity contribution in [2.75, 3.05) is 0 Å². The molecule has 0 aliphatic heterocycles. The lowest BCUT2D eigenvalue weighted by molar-refractivity contribution is 0.392. The highest BCUT2D eigenvalue weighted by Gasteiger charge is 2.12. The number of H-pyrrole nitrogens is 1. The fourth-order valence-electron chi connectivity index (χ4n) is 2.15. The number of rotatable bonds is 2. The van der Waals surface area contributed by atoms with Crippen molar-refractivity contribution in [3.05, 3.63) is 46.1 Å². The third-order valence-electron chi connectivity index (χ3n) is 3.18. The monoisotopic (exact) mass is 259 g/mol. The summed E-state index contributed by atoms with van der Waals surface area (Å²) in [6.45, 7) is 4.56. The number of aryl methyl sites for hydroxylation is 2. The molecule has 0 amide bonds. The van der Waals surface area contributed by atoms with E-state index in [-0.39, 0.29) is 0 Å². The van der Waals surface area contributed by atoms with Gasteiger partial charge in [0.25, 0.3) is 0 Å². The molecule has 18 heavy (non-hydrogen) atoms. The summed E-state index contributed by atoms with van der Waals surface area (Å²) in [5.74, 6) is 0.847. The van der Waals surface area contributed by atoms with Crippen LogP contribution in [0, 0.1) is 18.6 Å². The van der Waals surface area contributed by atoms with E-state index in [9.17, 15) is 0 Å². The molecule has 1 aromatic carbocycles. The Morgan fingerprint density at radius 2 is 2.11 bits per heavy atom. The maximum absolute atomic E-state index is 5.37. The summed E-state index contributed by atoms with van der Waals surface area (Å²) in [7, 11) is 0. The number of hydrogen-bond acceptors (Lipinski definition) is 3. The highest BCUT2D eigenvalue weighted by Crippen LogP contribution is 2.19. The first-order chi connectivity index (χ1) is 8.66. The van der Waals surface area contributed by atoms with Crippen molar-refractivity contribution in [3.8, 4) is 0 Å². The molecule has 92 valence electrons. The third kappa shape index (κ3) is 1.67. The number of hydrogen-bond donors (Lipinski definition) is 1.